The smallest absolute Gasteiger partial charge is 0.273 e. The van der Waals surface area contributed by atoms with Gasteiger partial charge in [0.15, 0.2) is 0 Å². The van der Waals surface area contributed by atoms with Crippen LogP contribution in [0.15, 0.2) is 42.6 Å². The lowest BCUT2D eigenvalue weighted by Crippen LogP contribution is -2.33. The maximum Gasteiger partial charge on any atom is 0.273 e. The summed E-state index contributed by atoms with van der Waals surface area (Å²) in [5.74, 6) is 1.36. The fraction of sp³-hybridized carbons (Fsp3) is 0.368. The van der Waals surface area contributed by atoms with Gasteiger partial charge in [0.25, 0.3) is 5.69 Å². The predicted octanol–water partition coefficient (Wildman–Crippen LogP) is 3.41. The molecule has 7 nitrogen and oxygen atoms in total. The van der Waals surface area contributed by atoms with Crippen LogP contribution in [0.3, 0.4) is 0 Å². The standard InChI is InChI=1S/C19H22N4O3/c1-14-8-10-22(11-9-14)18-7-6-16(13-20-18)21-19(24)12-15-4-2-3-5-17(15)23(25)26/h2-7,13-14H,8-12H2,1H3,(H,21,24). The zero-order valence-corrected chi connectivity index (χ0v) is 14.7. The SMILES string of the molecule is CC1CCN(c2ccc(NC(=O)Cc3ccccc3[N+](=O)[O-])cn2)CC1. The van der Waals surface area contributed by atoms with Crippen LogP contribution in [-0.4, -0.2) is 28.9 Å². The highest BCUT2D eigenvalue weighted by atomic mass is 16.6. The van der Waals surface area contributed by atoms with Gasteiger partial charge >= 0.3 is 0 Å². The summed E-state index contributed by atoms with van der Waals surface area (Å²) in [6.07, 6.45) is 3.90. The highest BCUT2D eigenvalue weighted by molar-refractivity contribution is 5.92. The van der Waals surface area contributed by atoms with Crippen LogP contribution in [0.25, 0.3) is 0 Å². The molecule has 2 aromatic rings. The number of nitro benzene ring substituents is 1. The molecule has 1 aromatic carbocycles. The lowest BCUT2D eigenvalue weighted by molar-refractivity contribution is -0.385. The van der Waals surface area contributed by atoms with Gasteiger partial charge in [-0.15, -0.1) is 0 Å². The summed E-state index contributed by atoms with van der Waals surface area (Å²) in [6, 6.07) is 9.98. The Bertz CT molecular complexity index is 784. The van der Waals surface area contributed by atoms with Crippen LogP contribution in [0.4, 0.5) is 17.2 Å². The van der Waals surface area contributed by atoms with E-state index in [1.807, 2.05) is 12.1 Å². The fourth-order valence-corrected chi connectivity index (χ4v) is 3.10. The number of benzene rings is 1. The summed E-state index contributed by atoms with van der Waals surface area (Å²) in [4.78, 5) is 29.4. The molecule has 1 aromatic heterocycles. The maximum atomic E-state index is 12.2. The van der Waals surface area contributed by atoms with Gasteiger partial charge in [0.05, 0.1) is 23.2 Å². The lowest BCUT2D eigenvalue weighted by Gasteiger charge is -2.31. The molecule has 1 saturated heterocycles. The number of aromatic nitrogens is 1. The summed E-state index contributed by atoms with van der Waals surface area (Å²) < 4.78 is 0. The van der Waals surface area contributed by atoms with Crippen LogP contribution in [-0.2, 0) is 11.2 Å². The van der Waals surface area contributed by atoms with Gasteiger partial charge in [-0.3, -0.25) is 14.9 Å². The fourth-order valence-electron chi connectivity index (χ4n) is 3.10. The van der Waals surface area contributed by atoms with E-state index < -0.39 is 4.92 Å². The second-order valence-electron chi connectivity index (χ2n) is 6.69. The van der Waals surface area contributed by atoms with Gasteiger partial charge in [-0.1, -0.05) is 25.1 Å². The molecule has 7 heteroatoms. The van der Waals surface area contributed by atoms with Crippen molar-refractivity contribution in [3.05, 3.63) is 58.3 Å². The Morgan fingerprint density at radius 2 is 2.00 bits per heavy atom. The molecule has 0 atom stereocenters. The van der Waals surface area contributed by atoms with Crippen molar-refractivity contribution in [1.29, 1.82) is 0 Å². The van der Waals surface area contributed by atoms with Crippen molar-refractivity contribution in [3.8, 4) is 0 Å². The molecule has 26 heavy (non-hydrogen) atoms. The van der Waals surface area contributed by atoms with E-state index in [4.69, 9.17) is 0 Å². The summed E-state index contributed by atoms with van der Waals surface area (Å²) in [5.41, 5.74) is 0.931. The number of nitro groups is 1. The molecule has 0 radical (unpaired) electrons. The Balaban J connectivity index is 1.61. The second-order valence-corrected chi connectivity index (χ2v) is 6.69. The number of nitrogens with zero attached hydrogens (tertiary/aromatic N) is 3. The molecular weight excluding hydrogens is 332 g/mol. The van der Waals surface area contributed by atoms with Gasteiger partial charge in [-0.25, -0.2) is 4.98 Å². The minimum atomic E-state index is -0.474. The zero-order valence-electron chi connectivity index (χ0n) is 14.7. The summed E-state index contributed by atoms with van der Waals surface area (Å²) >= 11 is 0. The quantitative estimate of drug-likeness (QED) is 0.656. The normalized spacial score (nSPS) is 14.9. The van der Waals surface area contributed by atoms with Crippen molar-refractivity contribution in [2.75, 3.05) is 23.3 Å². The van der Waals surface area contributed by atoms with Crippen molar-refractivity contribution in [1.82, 2.24) is 4.98 Å². The van der Waals surface area contributed by atoms with E-state index in [1.165, 1.54) is 6.07 Å². The molecule has 1 N–H and O–H groups in total. The van der Waals surface area contributed by atoms with Crippen LogP contribution in [0.2, 0.25) is 0 Å². The van der Waals surface area contributed by atoms with Crippen molar-refractivity contribution in [2.24, 2.45) is 5.92 Å². The van der Waals surface area contributed by atoms with Gasteiger partial charge in [0, 0.05) is 24.7 Å². The molecule has 0 unspecified atom stereocenters. The number of rotatable bonds is 5. The van der Waals surface area contributed by atoms with E-state index in [2.05, 4.69) is 22.1 Å². The number of amides is 1. The van der Waals surface area contributed by atoms with E-state index in [-0.39, 0.29) is 18.0 Å². The van der Waals surface area contributed by atoms with Crippen LogP contribution >= 0.6 is 0 Å². The molecular formula is C19H22N4O3. The number of nitrogens with one attached hydrogen (secondary N) is 1. The Morgan fingerprint density at radius 3 is 2.65 bits per heavy atom. The number of carbonyl (C=O) groups excluding carboxylic acids is 1. The first-order valence-corrected chi connectivity index (χ1v) is 8.76. The third-order valence-corrected chi connectivity index (χ3v) is 4.68. The summed E-state index contributed by atoms with van der Waals surface area (Å²) in [7, 11) is 0. The lowest BCUT2D eigenvalue weighted by atomic mass is 9.99. The molecule has 2 heterocycles. The van der Waals surface area contributed by atoms with E-state index in [0.717, 1.165) is 37.7 Å². The van der Waals surface area contributed by atoms with Gasteiger partial charge < -0.3 is 10.2 Å². The first-order chi connectivity index (χ1) is 12.5. The van der Waals surface area contributed by atoms with Gasteiger partial charge in [-0.05, 0) is 30.9 Å². The molecule has 0 saturated carbocycles. The summed E-state index contributed by atoms with van der Waals surface area (Å²) in [6.45, 7) is 4.26. The molecule has 0 aliphatic carbocycles. The number of hydrogen-bond donors (Lipinski definition) is 1. The molecule has 1 fully saturated rings. The highest BCUT2D eigenvalue weighted by Gasteiger charge is 2.18. The van der Waals surface area contributed by atoms with Crippen molar-refractivity contribution in [2.45, 2.75) is 26.2 Å². The Labute approximate surface area is 152 Å². The van der Waals surface area contributed by atoms with Crippen molar-refractivity contribution < 1.29 is 9.72 Å². The van der Waals surface area contributed by atoms with E-state index in [1.54, 1.807) is 24.4 Å². The average Bonchev–Trinajstić information content (AvgIpc) is 2.63. The monoisotopic (exact) mass is 354 g/mol. The van der Waals surface area contributed by atoms with E-state index >= 15 is 0 Å². The minimum absolute atomic E-state index is 0.0459. The van der Waals surface area contributed by atoms with Crippen molar-refractivity contribution in [3.63, 3.8) is 0 Å². The number of para-hydroxylation sites is 1. The largest absolute Gasteiger partial charge is 0.357 e. The molecule has 136 valence electrons. The molecule has 0 bridgehead atoms. The topological polar surface area (TPSA) is 88.4 Å². The third kappa shape index (κ3) is 4.36. The molecule has 3 rings (SSSR count). The first kappa shape index (κ1) is 17.8. The molecule has 1 amide bonds. The van der Waals surface area contributed by atoms with Crippen LogP contribution in [0.5, 0.6) is 0 Å². The summed E-state index contributed by atoms with van der Waals surface area (Å²) in [5, 5.41) is 13.8. The first-order valence-electron chi connectivity index (χ1n) is 8.76. The predicted molar refractivity (Wildman–Crippen MR) is 100 cm³/mol. The maximum absolute atomic E-state index is 12.2. The highest BCUT2D eigenvalue weighted by Crippen LogP contribution is 2.22. The van der Waals surface area contributed by atoms with E-state index in [9.17, 15) is 14.9 Å². The zero-order chi connectivity index (χ0) is 18.5. The van der Waals surface area contributed by atoms with Crippen LogP contribution in [0.1, 0.15) is 25.3 Å². The molecule has 1 aliphatic heterocycles. The van der Waals surface area contributed by atoms with Crippen LogP contribution < -0.4 is 10.2 Å². The minimum Gasteiger partial charge on any atom is -0.357 e. The van der Waals surface area contributed by atoms with E-state index in [0.29, 0.717) is 11.3 Å². The van der Waals surface area contributed by atoms with Gasteiger partial charge in [-0.2, -0.15) is 0 Å². The number of anilines is 2. The molecule has 1 aliphatic rings. The Morgan fingerprint density at radius 1 is 1.27 bits per heavy atom. The molecule has 0 spiro atoms. The Hall–Kier alpha value is -2.96. The Kier molecular flexibility index (Phi) is 5.46. The van der Waals surface area contributed by atoms with Crippen LogP contribution in [0, 0.1) is 16.0 Å². The number of piperidine rings is 1. The third-order valence-electron chi connectivity index (χ3n) is 4.68. The van der Waals surface area contributed by atoms with Gasteiger partial charge in [0.1, 0.15) is 5.82 Å². The van der Waals surface area contributed by atoms with Crippen molar-refractivity contribution >= 4 is 23.1 Å². The number of hydrogen-bond acceptors (Lipinski definition) is 5. The second kappa shape index (κ2) is 7.95. The number of pyridine rings is 1. The average molecular weight is 354 g/mol. The van der Waals surface area contributed by atoms with Gasteiger partial charge in [0.2, 0.25) is 5.91 Å². The number of carbonyl (C=O) groups is 1.